The first kappa shape index (κ1) is 25.4. The number of nitrogens with zero attached hydrogens (tertiary/aromatic N) is 4. The predicted octanol–water partition coefficient (Wildman–Crippen LogP) is 3.86. The zero-order valence-corrected chi connectivity index (χ0v) is 21.7. The number of nitrogens with two attached hydrogens (primary N) is 1. The first-order valence-corrected chi connectivity index (χ1v) is 13.8. The van der Waals surface area contributed by atoms with E-state index in [9.17, 15) is 9.59 Å². The van der Waals surface area contributed by atoms with Gasteiger partial charge < -0.3 is 26.2 Å². The van der Waals surface area contributed by atoms with E-state index in [2.05, 4.69) is 37.6 Å². The van der Waals surface area contributed by atoms with Crippen molar-refractivity contribution in [2.45, 2.75) is 82.3 Å². The minimum atomic E-state index is -0.634. The standard InChI is InChI=1S/C28H39N7O2/c1-19-24(7-4-14-35(19)18-36)32-25-17-30-26(27(29)37)28(33-25)31-22-10-8-20(9-11-22)21-12-15-34(16-13-21)23-5-2-3-6-23/h8-11,17-19,21,23-24H,2-7,12-16H2,1H3,(H2,29,37)(H2,31,32,33). The highest BCUT2D eigenvalue weighted by Gasteiger charge is 2.29. The molecule has 2 aliphatic heterocycles. The van der Waals surface area contributed by atoms with E-state index in [0.717, 1.165) is 37.5 Å². The van der Waals surface area contributed by atoms with Gasteiger partial charge in [-0.2, -0.15) is 0 Å². The monoisotopic (exact) mass is 505 g/mol. The molecule has 5 rings (SSSR count). The van der Waals surface area contributed by atoms with Crippen LogP contribution in [0.15, 0.2) is 30.5 Å². The van der Waals surface area contributed by atoms with Crippen LogP contribution in [0, 0.1) is 0 Å². The van der Waals surface area contributed by atoms with E-state index >= 15 is 0 Å². The zero-order valence-electron chi connectivity index (χ0n) is 21.7. The summed E-state index contributed by atoms with van der Waals surface area (Å²) in [7, 11) is 0. The second-order valence-corrected chi connectivity index (χ2v) is 10.8. The van der Waals surface area contributed by atoms with Crippen molar-refractivity contribution in [3.05, 3.63) is 41.7 Å². The van der Waals surface area contributed by atoms with Crippen LogP contribution in [0.3, 0.4) is 0 Å². The van der Waals surface area contributed by atoms with Crippen molar-refractivity contribution in [2.24, 2.45) is 5.73 Å². The molecule has 198 valence electrons. The van der Waals surface area contributed by atoms with E-state index in [4.69, 9.17) is 5.73 Å². The summed E-state index contributed by atoms with van der Waals surface area (Å²) in [5, 5.41) is 6.64. The normalized spacial score (nSPS) is 23.6. The molecule has 9 heteroatoms. The van der Waals surface area contributed by atoms with Gasteiger partial charge in [-0.15, -0.1) is 0 Å². The number of primary amides is 1. The lowest BCUT2D eigenvalue weighted by molar-refractivity contribution is -0.121. The van der Waals surface area contributed by atoms with Crippen LogP contribution < -0.4 is 16.4 Å². The van der Waals surface area contributed by atoms with E-state index in [1.165, 1.54) is 63.4 Å². The molecule has 3 heterocycles. The molecule has 0 spiro atoms. The fourth-order valence-electron chi connectivity index (χ4n) is 6.27. The van der Waals surface area contributed by atoms with Gasteiger partial charge in [0.15, 0.2) is 11.5 Å². The van der Waals surface area contributed by atoms with Crippen LogP contribution in [0.4, 0.5) is 17.3 Å². The minimum Gasteiger partial charge on any atom is -0.364 e. The largest absolute Gasteiger partial charge is 0.364 e. The summed E-state index contributed by atoms with van der Waals surface area (Å²) in [5.74, 6) is 0.822. The number of nitrogens with one attached hydrogen (secondary N) is 2. The number of carbonyl (C=O) groups excluding carboxylic acids is 2. The topological polar surface area (TPSA) is 116 Å². The third-order valence-electron chi connectivity index (χ3n) is 8.53. The van der Waals surface area contributed by atoms with Gasteiger partial charge in [0.2, 0.25) is 6.41 Å². The summed E-state index contributed by atoms with van der Waals surface area (Å²) >= 11 is 0. The highest BCUT2D eigenvalue weighted by molar-refractivity contribution is 5.96. The van der Waals surface area contributed by atoms with Crippen LogP contribution in [0.2, 0.25) is 0 Å². The van der Waals surface area contributed by atoms with Crippen LogP contribution in [-0.4, -0.2) is 69.8 Å². The zero-order chi connectivity index (χ0) is 25.8. The van der Waals surface area contributed by atoms with Crippen molar-refractivity contribution in [1.29, 1.82) is 0 Å². The third-order valence-corrected chi connectivity index (χ3v) is 8.53. The lowest BCUT2D eigenvalue weighted by Crippen LogP contribution is -2.49. The summed E-state index contributed by atoms with van der Waals surface area (Å²) in [6.45, 7) is 5.17. The quantitative estimate of drug-likeness (QED) is 0.467. The molecule has 4 N–H and O–H groups in total. The number of likely N-dealkylation sites (tertiary alicyclic amines) is 2. The highest BCUT2D eigenvalue weighted by Crippen LogP contribution is 2.33. The van der Waals surface area contributed by atoms with E-state index in [0.29, 0.717) is 17.6 Å². The number of rotatable bonds is 8. The van der Waals surface area contributed by atoms with Gasteiger partial charge in [-0.05, 0) is 82.2 Å². The Bertz CT molecular complexity index is 1080. The smallest absolute Gasteiger partial charge is 0.271 e. The Kier molecular flexibility index (Phi) is 7.88. The number of aromatic nitrogens is 2. The second-order valence-electron chi connectivity index (χ2n) is 10.8. The molecular weight excluding hydrogens is 466 g/mol. The van der Waals surface area contributed by atoms with Crippen molar-refractivity contribution in [1.82, 2.24) is 19.8 Å². The average Bonchev–Trinajstić information content (AvgIpc) is 3.46. The molecule has 1 aliphatic carbocycles. The number of carbonyl (C=O) groups is 2. The van der Waals surface area contributed by atoms with Crippen molar-refractivity contribution < 1.29 is 9.59 Å². The summed E-state index contributed by atoms with van der Waals surface area (Å²) in [6.07, 6.45) is 12.2. The Morgan fingerprint density at radius 1 is 1.03 bits per heavy atom. The molecule has 2 saturated heterocycles. The maximum Gasteiger partial charge on any atom is 0.271 e. The Labute approximate surface area is 219 Å². The summed E-state index contributed by atoms with van der Waals surface area (Å²) in [6, 6.07) is 9.33. The summed E-state index contributed by atoms with van der Waals surface area (Å²) in [4.78, 5) is 36.8. The molecular formula is C28H39N7O2. The van der Waals surface area contributed by atoms with Crippen LogP contribution in [0.5, 0.6) is 0 Å². The summed E-state index contributed by atoms with van der Waals surface area (Å²) in [5.41, 5.74) is 7.88. The lowest BCUT2D eigenvalue weighted by Gasteiger charge is -2.37. The minimum absolute atomic E-state index is 0.0397. The average molecular weight is 506 g/mol. The molecule has 2 atom stereocenters. The first-order chi connectivity index (χ1) is 18.0. The Hall–Kier alpha value is -3.20. The van der Waals surface area contributed by atoms with Gasteiger partial charge >= 0.3 is 0 Å². The van der Waals surface area contributed by atoms with Crippen molar-refractivity contribution in [3.63, 3.8) is 0 Å². The van der Waals surface area contributed by atoms with Gasteiger partial charge in [-0.3, -0.25) is 9.59 Å². The molecule has 9 nitrogen and oxygen atoms in total. The van der Waals surface area contributed by atoms with E-state index in [1.807, 2.05) is 19.1 Å². The third kappa shape index (κ3) is 5.87. The van der Waals surface area contributed by atoms with Crippen LogP contribution in [-0.2, 0) is 4.79 Å². The Morgan fingerprint density at radius 2 is 1.76 bits per heavy atom. The maximum atomic E-state index is 12.0. The van der Waals surface area contributed by atoms with Crippen LogP contribution in [0.25, 0.3) is 0 Å². The highest BCUT2D eigenvalue weighted by atomic mass is 16.1. The van der Waals surface area contributed by atoms with E-state index in [1.54, 1.807) is 4.90 Å². The Balaban J connectivity index is 1.24. The molecule has 1 saturated carbocycles. The Morgan fingerprint density at radius 3 is 2.43 bits per heavy atom. The molecule has 37 heavy (non-hydrogen) atoms. The van der Waals surface area contributed by atoms with Gasteiger partial charge in [0.05, 0.1) is 6.20 Å². The SMILES string of the molecule is CC1C(Nc2cnc(C(N)=O)c(Nc3ccc(C4CCN(C5CCCC5)CC4)cc3)n2)CCCN1C=O. The number of benzene rings is 1. The predicted molar refractivity (Wildman–Crippen MR) is 145 cm³/mol. The lowest BCUT2D eigenvalue weighted by atomic mass is 9.88. The first-order valence-electron chi connectivity index (χ1n) is 13.8. The molecule has 2 unspecified atom stereocenters. The van der Waals surface area contributed by atoms with E-state index < -0.39 is 5.91 Å². The number of hydrogen-bond donors (Lipinski definition) is 3. The van der Waals surface area contributed by atoms with Crippen LogP contribution in [0.1, 0.15) is 80.3 Å². The summed E-state index contributed by atoms with van der Waals surface area (Å²) < 4.78 is 0. The second kappa shape index (κ2) is 11.5. The molecule has 2 amide bonds. The van der Waals surface area contributed by atoms with Gasteiger partial charge in [0.1, 0.15) is 5.82 Å². The van der Waals surface area contributed by atoms with Crippen molar-refractivity contribution in [3.8, 4) is 0 Å². The molecule has 0 bridgehead atoms. The van der Waals surface area contributed by atoms with Gasteiger partial charge in [0.25, 0.3) is 5.91 Å². The van der Waals surface area contributed by atoms with Gasteiger partial charge in [-0.25, -0.2) is 9.97 Å². The molecule has 2 aromatic rings. The number of hydrogen-bond acceptors (Lipinski definition) is 7. The van der Waals surface area contributed by atoms with Crippen LogP contribution >= 0.6 is 0 Å². The number of anilines is 3. The number of amides is 2. The molecule has 0 radical (unpaired) electrons. The maximum absolute atomic E-state index is 12.0. The van der Waals surface area contributed by atoms with E-state index in [-0.39, 0.29) is 17.8 Å². The van der Waals surface area contributed by atoms with Crippen molar-refractivity contribution >= 4 is 29.6 Å². The number of piperidine rings is 2. The molecule has 3 fully saturated rings. The fraction of sp³-hybridized carbons (Fsp3) is 0.571. The fourth-order valence-corrected chi connectivity index (χ4v) is 6.27. The van der Waals surface area contributed by atoms with Gasteiger partial charge in [-0.1, -0.05) is 25.0 Å². The molecule has 3 aliphatic rings. The molecule has 1 aromatic carbocycles. The van der Waals surface area contributed by atoms with Crippen molar-refractivity contribution in [2.75, 3.05) is 30.3 Å². The van der Waals surface area contributed by atoms with Gasteiger partial charge in [0, 0.05) is 30.4 Å². The molecule has 1 aromatic heterocycles.